The van der Waals surface area contributed by atoms with Crippen molar-refractivity contribution < 1.29 is 27.8 Å². The van der Waals surface area contributed by atoms with Crippen molar-refractivity contribution in [3.63, 3.8) is 0 Å². The van der Waals surface area contributed by atoms with E-state index in [1.807, 2.05) is 0 Å². The van der Waals surface area contributed by atoms with Crippen molar-refractivity contribution in [1.82, 2.24) is 9.55 Å². The molecule has 0 aliphatic heterocycles. The summed E-state index contributed by atoms with van der Waals surface area (Å²) in [6, 6.07) is 0. The van der Waals surface area contributed by atoms with Gasteiger partial charge in [-0.15, -0.1) is 0 Å². The molecule has 4 saturated carbocycles. The van der Waals surface area contributed by atoms with Crippen LogP contribution in [-0.2, 0) is 14.3 Å². The summed E-state index contributed by atoms with van der Waals surface area (Å²) < 4.78 is 39.4. The number of hydrogen-bond donors (Lipinski definition) is 0. The van der Waals surface area contributed by atoms with Crippen molar-refractivity contribution in [1.29, 1.82) is 0 Å². The van der Waals surface area contributed by atoms with Crippen LogP contribution in [0.25, 0.3) is 0 Å². The molecule has 4 aliphatic carbocycles. The largest absolute Gasteiger partial charge is 0.461 e. The number of esters is 1. The van der Waals surface area contributed by atoms with Gasteiger partial charge in [0.2, 0.25) is 0 Å². The molecule has 4 fully saturated rings. The molecule has 2 unspecified atom stereocenters. The first-order valence-electron chi connectivity index (χ1n) is 9.51. The first kappa shape index (κ1) is 18.4. The second-order valence-corrected chi connectivity index (χ2v) is 8.62. The molecular weight excluding hydrogens is 358 g/mol. The third-order valence-electron chi connectivity index (χ3n) is 6.40. The van der Waals surface area contributed by atoms with Crippen LogP contribution >= 0.6 is 0 Å². The average molecular weight is 382 g/mol. The topological polar surface area (TPSA) is 70.4 Å². The molecule has 0 saturated heterocycles. The van der Waals surface area contributed by atoms with Crippen LogP contribution in [0.2, 0.25) is 0 Å². The van der Waals surface area contributed by atoms with Crippen molar-refractivity contribution in [2.75, 3.05) is 6.61 Å². The van der Waals surface area contributed by atoms with Gasteiger partial charge >= 0.3 is 18.0 Å². The van der Waals surface area contributed by atoms with Crippen molar-refractivity contribution in [2.45, 2.75) is 63.4 Å². The smallest absolute Gasteiger partial charge is 0.419 e. The van der Waals surface area contributed by atoms with Crippen LogP contribution in [-0.4, -0.2) is 39.7 Å². The number of aromatic nitrogens is 2. The lowest BCUT2D eigenvalue weighted by molar-refractivity contribution is -0.198. The van der Waals surface area contributed by atoms with E-state index in [0.29, 0.717) is 18.3 Å². The van der Waals surface area contributed by atoms with Crippen LogP contribution in [0.1, 0.15) is 51.9 Å². The Morgan fingerprint density at radius 3 is 2.56 bits per heavy atom. The fourth-order valence-corrected chi connectivity index (χ4v) is 5.73. The summed E-state index contributed by atoms with van der Waals surface area (Å²) in [7, 11) is 0. The summed E-state index contributed by atoms with van der Waals surface area (Å²) in [5, 5.41) is 0. The second kappa shape index (κ2) is 6.27. The third kappa shape index (κ3) is 3.34. The Hall–Kier alpha value is -1.99. The Morgan fingerprint density at radius 1 is 1.26 bits per heavy atom. The summed E-state index contributed by atoms with van der Waals surface area (Å²) in [5.41, 5.74) is -0.982. The van der Waals surface area contributed by atoms with E-state index >= 15 is 0 Å². The monoisotopic (exact) mass is 382 g/mol. The lowest BCUT2D eigenvalue weighted by atomic mass is 9.48. The molecule has 5 rings (SSSR count). The summed E-state index contributed by atoms with van der Waals surface area (Å²) in [4.78, 5) is 28.0. The minimum atomic E-state index is -3.45. The Morgan fingerprint density at radius 2 is 1.96 bits per heavy atom. The fraction of sp³-hybridized carbons (Fsp3) is 0.737. The van der Waals surface area contributed by atoms with Gasteiger partial charge < -0.3 is 9.47 Å². The number of halogens is 2. The number of alkyl halides is 2. The number of imidazole rings is 1. The van der Waals surface area contributed by atoms with Gasteiger partial charge in [0.1, 0.15) is 11.9 Å². The molecule has 0 radical (unpaired) electrons. The van der Waals surface area contributed by atoms with Crippen LogP contribution in [0.4, 0.5) is 13.6 Å². The van der Waals surface area contributed by atoms with Crippen molar-refractivity contribution in [3.05, 3.63) is 18.7 Å². The minimum Gasteiger partial charge on any atom is -0.461 e. The summed E-state index contributed by atoms with van der Waals surface area (Å²) in [6.45, 7) is 1.23. The zero-order valence-corrected chi connectivity index (χ0v) is 15.3. The fourth-order valence-electron chi connectivity index (χ4n) is 5.73. The molecule has 148 valence electrons. The van der Waals surface area contributed by atoms with Gasteiger partial charge in [0, 0.05) is 24.2 Å². The highest BCUT2D eigenvalue weighted by molar-refractivity contribution is 5.77. The van der Waals surface area contributed by atoms with Crippen LogP contribution < -0.4 is 0 Å². The molecule has 0 aromatic carbocycles. The van der Waals surface area contributed by atoms with E-state index in [1.54, 1.807) is 0 Å². The number of rotatable bonds is 5. The molecule has 0 N–H and O–H groups in total. The highest BCUT2D eigenvalue weighted by Gasteiger charge is 2.60. The summed E-state index contributed by atoms with van der Waals surface area (Å²) in [5.74, 6) is -4.17. The minimum absolute atomic E-state index is 0.0290. The molecule has 27 heavy (non-hydrogen) atoms. The molecular formula is C19H24F2N2O4. The van der Waals surface area contributed by atoms with Crippen LogP contribution in [0.3, 0.4) is 0 Å². The average Bonchev–Trinajstić information content (AvgIpc) is 3.13. The van der Waals surface area contributed by atoms with Gasteiger partial charge in [-0.1, -0.05) is 6.92 Å². The van der Waals surface area contributed by atoms with Gasteiger partial charge in [-0.25, -0.2) is 19.1 Å². The number of carbonyl (C=O) groups excluding carboxylic acids is 2. The van der Waals surface area contributed by atoms with Gasteiger partial charge in [0.25, 0.3) is 0 Å². The lowest BCUT2D eigenvalue weighted by Crippen LogP contribution is -2.59. The normalized spacial score (nSPS) is 34.5. The third-order valence-corrected chi connectivity index (χ3v) is 6.40. The molecule has 2 atom stereocenters. The molecule has 0 spiro atoms. The summed E-state index contributed by atoms with van der Waals surface area (Å²) >= 11 is 0. The van der Waals surface area contributed by atoms with E-state index < -0.39 is 30.0 Å². The van der Waals surface area contributed by atoms with E-state index in [9.17, 15) is 18.4 Å². The lowest BCUT2D eigenvalue weighted by Gasteiger charge is -2.60. The quantitative estimate of drug-likeness (QED) is 0.725. The molecule has 6 nitrogen and oxygen atoms in total. The van der Waals surface area contributed by atoms with Crippen LogP contribution in [0, 0.1) is 17.3 Å². The van der Waals surface area contributed by atoms with Gasteiger partial charge in [-0.3, -0.25) is 0 Å². The first-order valence-corrected chi connectivity index (χ1v) is 9.51. The molecule has 8 heteroatoms. The Kier molecular flexibility index (Phi) is 4.27. The van der Waals surface area contributed by atoms with Gasteiger partial charge in [-0.2, -0.15) is 8.78 Å². The van der Waals surface area contributed by atoms with Gasteiger partial charge in [0.15, 0.2) is 0 Å². The van der Waals surface area contributed by atoms with Gasteiger partial charge in [-0.05, 0) is 50.4 Å². The van der Waals surface area contributed by atoms with Crippen LogP contribution in [0.15, 0.2) is 18.7 Å². The van der Waals surface area contributed by atoms with Crippen molar-refractivity contribution in [3.8, 4) is 0 Å². The zero-order valence-electron chi connectivity index (χ0n) is 15.3. The maximum Gasteiger partial charge on any atom is 0.419 e. The first-order chi connectivity index (χ1) is 12.7. The molecule has 0 amide bonds. The SMILES string of the molecule is CCC(F)(F)C(=O)OCC12CC3CC(C1)CC(OC(=O)n1ccnc1)(C3)C2. The zero-order chi connectivity index (χ0) is 19.3. The Labute approximate surface area is 156 Å². The number of hydrogen-bond acceptors (Lipinski definition) is 5. The van der Waals surface area contributed by atoms with E-state index in [0.717, 1.165) is 32.1 Å². The summed E-state index contributed by atoms with van der Waals surface area (Å²) in [6.07, 6.45) is 8.24. The molecule has 1 heterocycles. The maximum absolute atomic E-state index is 13.6. The molecule has 1 aromatic rings. The number of nitrogens with zero attached hydrogens (tertiary/aromatic N) is 2. The van der Waals surface area contributed by atoms with E-state index in [-0.39, 0.29) is 12.0 Å². The number of carbonyl (C=O) groups is 2. The number of ether oxygens (including phenoxy) is 2. The Balaban J connectivity index is 1.49. The van der Waals surface area contributed by atoms with Crippen molar-refractivity contribution >= 4 is 12.1 Å². The van der Waals surface area contributed by atoms with E-state index in [2.05, 4.69) is 4.98 Å². The van der Waals surface area contributed by atoms with E-state index in [1.165, 1.54) is 30.2 Å². The highest BCUT2D eigenvalue weighted by Crippen LogP contribution is 2.63. The highest BCUT2D eigenvalue weighted by atomic mass is 19.3. The van der Waals surface area contributed by atoms with Gasteiger partial charge in [0.05, 0.1) is 6.61 Å². The predicted molar refractivity (Wildman–Crippen MR) is 90.1 cm³/mol. The predicted octanol–water partition coefficient (Wildman–Crippen LogP) is 3.80. The standard InChI is InChI=1S/C19H24F2N2O4/c1-2-19(20,21)15(24)26-11-17-6-13-5-14(7-17)9-18(8-13,10-17)27-16(25)23-4-3-22-12-23/h3-4,12-14H,2,5-11H2,1H3. The van der Waals surface area contributed by atoms with Crippen molar-refractivity contribution in [2.24, 2.45) is 17.3 Å². The van der Waals surface area contributed by atoms with Crippen LogP contribution in [0.5, 0.6) is 0 Å². The van der Waals surface area contributed by atoms with E-state index in [4.69, 9.17) is 9.47 Å². The molecule has 4 aliphatic rings. The second-order valence-electron chi connectivity index (χ2n) is 8.62. The molecule has 1 aromatic heterocycles. The Bertz CT molecular complexity index is 720. The molecule has 4 bridgehead atoms. The maximum atomic E-state index is 13.6.